The van der Waals surface area contributed by atoms with Crippen LogP contribution in [-0.2, 0) is 4.79 Å². The molecular formula is C10H12FN3O2. The van der Waals surface area contributed by atoms with E-state index in [1.807, 2.05) is 0 Å². The van der Waals surface area contributed by atoms with Gasteiger partial charge in [-0.15, -0.1) is 0 Å². The summed E-state index contributed by atoms with van der Waals surface area (Å²) in [6.07, 6.45) is -0.553. The lowest BCUT2D eigenvalue weighted by Gasteiger charge is -2.18. The molecule has 5 nitrogen and oxygen atoms in total. The minimum Gasteiger partial charge on any atom is -0.480 e. The lowest BCUT2D eigenvalue weighted by molar-refractivity contribution is -0.139. The van der Waals surface area contributed by atoms with Crippen LogP contribution in [0.15, 0.2) is 24.3 Å². The number of aliphatic carboxylic acids is 1. The van der Waals surface area contributed by atoms with Gasteiger partial charge in [0.15, 0.2) is 0 Å². The molecule has 3 unspecified atom stereocenters. The molecule has 1 saturated heterocycles. The number of rotatable bonds is 2. The van der Waals surface area contributed by atoms with E-state index in [9.17, 15) is 9.18 Å². The Morgan fingerprint density at radius 2 is 2.19 bits per heavy atom. The van der Waals surface area contributed by atoms with Gasteiger partial charge in [-0.3, -0.25) is 4.79 Å². The maximum atomic E-state index is 13.0. The van der Waals surface area contributed by atoms with Gasteiger partial charge in [0, 0.05) is 5.92 Å². The Morgan fingerprint density at radius 3 is 2.81 bits per heavy atom. The van der Waals surface area contributed by atoms with Crippen molar-refractivity contribution < 1.29 is 14.3 Å². The molecule has 1 aromatic rings. The van der Waals surface area contributed by atoms with Gasteiger partial charge in [0.05, 0.1) is 6.17 Å². The maximum absolute atomic E-state index is 13.0. The molecule has 1 heterocycles. The van der Waals surface area contributed by atoms with Crippen molar-refractivity contribution in [3.63, 3.8) is 0 Å². The summed E-state index contributed by atoms with van der Waals surface area (Å²) in [5.74, 6) is -1.91. The molecule has 16 heavy (non-hydrogen) atoms. The molecule has 0 saturated carbocycles. The summed E-state index contributed by atoms with van der Waals surface area (Å²) in [6, 6.07) is 4.96. The van der Waals surface area contributed by atoms with Gasteiger partial charge in [-0.2, -0.15) is 0 Å². The summed E-state index contributed by atoms with van der Waals surface area (Å²) >= 11 is 0. The van der Waals surface area contributed by atoms with Crippen LogP contribution in [0.2, 0.25) is 0 Å². The summed E-state index contributed by atoms with van der Waals surface area (Å²) in [7, 11) is 0. The number of hydrogen-bond acceptors (Lipinski definition) is 4. The molecule has 1 fully saturated rings. The molecule has 0 amide bonds. The molecule has 6 heteroatoms. The Bertz CT molecular complexity index is 413. The number of halogens is 1. The lowest BCUT2D eigenvalue weighted by Crippen LogP contribution is -2.39. The number of nitrogens with two attached hydrogens (primary N) is 1. The normalized spacial score (nSPS) is 29.2. The monoisotopic (exact) mass is 225 g/mol. The number of hydrazine groups is 1. The van der Waals surface area contributed by atoms with E-state index in [4.69, 9.17) is 10.8 Å². The first-order valence-corrected chi connectivity index (χ1v) is 4.84. The van der Waals surface area contributed by atoms with Crippen LogP contribution in [0.25, 0.3) is 0 Å². The second-order valence-electron chi connectivity index (χ2n) is 3.71. The smallest absolute Gasteiger partial charge is 0.322 e. The highest BCUT2D eigenvalue weighted by molar-refractivity contribution is 5.75. The van der Waals surface area contributed by atoms with Crippen molar-refractivity contribution in [1.29, 1.82) is 0 Å². The van der Waals surface area contributed by atoms with Crippen molar-refractivity contribution in [2.75, 3.05) is 0 Å². The highest BCUT2D eigenvalue weighted by Gasteiger charge is 2.39. The van der Waals surface area contributed by atoms with Gasteiger partial charge in [0.25, 0.3) is 0 Å². The van der Waals surface area contributed by atoms with Gasteiger partial charge in [-0.1, -0.05) is 12.1 Å². The Hall–Kier alpha value is -1.50. The zero-order valence-electron chi connectivity index (χ0n) is 8.35. The van der Waals surface area contributed by atoms with Crippen molar-refractivity contribution in [1.82, 2.24) is 10.9 Å². The standard InChI is InChI=1S/C10H12FN3O2/c11-6-3-1-2-5(4-6)7-8(10(15)16)13-14-9(7)12/h1-4,7-9,13-14H,12H2,(H,15,16). The molecule has 2 rings (SSSR count). The molecule has 1 aromatic carbocycles. The molecule has 0 bridgehead atoms. The average molecular weight is 225 g/mol. The van der Waals surface area contributed by atoms with Crippen LogP contribution in [0, 0.1) is 5.82 Å². The Morgan fingerprint density at radius 1 is 1.44 bits per heavy atom. The van der Waals surface area contributed by atoms with Crippen LogP contribution in [0.5, 0.6) is 0 Å². The topological polar surface area (TPSA) is 87.4 Å². The van der Waals surface area contributed by atoms with Crippen molar-refractivity contribution in [3.8, 4) is 0 Å². The first kappa shape index (κ1) is 11.0. The van der Waals surface area contributed by atoms with E-state index >= 15 is 0 Å². The predicted molar refractivity (Wildman–Crippen MR) is 54.8 cm³/mol. The van der Waals surface area contributed by atoms with Gasteiger partial charge in [-0.25, -0.2) is 15.2 Å². The molecule has 1 aliphatic heterocycles. The minimum atomic E-state index is -1.02. The maximum Gasteiger partial charge on any atom is 0.322 e. The summed E-state index contributed by atoms with van der Waals surface area (Å²) in [5, 5.41) is 8.98. The third-order valence-corrected chi connectivity index (χ3v) is 2.65. The quantitative estimate of drug-likeness (QED) is 0.558. The molecule has 86 valence electrons. The number of carbonyl (C=O) groups is 1. The number of benzene rings is 1. The van der Waals surface area contributed by atoms with Crippen LogP contribution in [0.4, 0.5) is 4.39 Å². The Kier molecular flexibility index (Phi) is 2.86. The SMILES string of the molecule is NC1NNC(C(=O)O)C1c1cccc(F)c1. The first-order chi connectivity index (χ1) is 7.59. The fraction of sp³-hybridized carbons (Fsp3) is 0.300. The summed E-state index contributed by atoms with van der Waals surface area (Å²) in [6.45, 7) is 0. The van der Waals surface area contributed by atoms with Crippen LogP contribution in [-0.4, -0.2) is 23.3 Å². The van der Waals surface area contributed by atoms with Crippen LogP contribution in [0.1, 0.15) is 11.5 Å². The second-order valence-corrected chi connectivity index (χ2v) is 3.71. The van der Waals surface area contributed by atoms with Crippen molar-refractivity contribution in [2.45, 2.75) is 18.1 Å². The van der Waals surface area contributed by atoms with Crippen LogP contribution < -0.4 is 16.6 Å². The Balaban J connectivity index is 2.33. The van der Waals surface area contributed by atoms with E-state index in [-0.39, 0.29) is 0 Å². The van der Waals surface area contributed by atoms with E-state index in [1.54, 1.807) is 6.07 Å². The summed E-state index contributed by atoms with van der Waals surface area (Å²) in [4.78, 5) is 11.0. The molecular weight excluding hydrogens is 213 g/mol. The van der Waals surface area contributed by atoms with Crippen LogP contribution in [0.3, 0.4) is 0 Å². The fourth-order valence-electron chi connectivity index (χ4n) is 1.90. The highest BCUT2D eigenvalue weighted by atomic mass is 19.1. The van der Waals surface area contributed by atoms with Gasteiger partial charge >= 0.3 is 5.97 Å². The second kappa shape index (κ2) is 4.17. The molecule has 1 aliphatic rings. The van der Waals surface area contributed by atoms with Crippen LogP contribution >= 0.6 is 0 Å². The van der Waals surface area contributed by atoms with E-state index in [2.05, 4.69) is 10.9 Å². The highest BCUT2D eigenvalue weighted by Crippen LogP contribution is 2.25. The molecule has 3 atom stereocenters. The van der Waals surface area contributed by atoms with Gasteiger partial charge < -0.3 is 10.8 Å². The zero-order chi connectivity index (χ0) is 11.7. The fourth-order valence-corrected chi connectivity index (χ4v) is 1.90. The largest absolute Gasteiger partial charge is 0.480 e. The van der Waals surface area contributed by atoms with Gasteiger partial charge in [0.1, 0.15) is 11.9 Å². The molecule has 0 aromatic heterocycles. The molecule has 0 spiro atoms. The zero-order valence-corrected chi connectivity index (χ0v) is 8.35. The van der Waals surface area contributed by atoms with Crippen molar-refractivity contribution in [2.24, 2.45) is 5.73 Å². The number of hydrogen-bond donors (Lipinski definition) is 4. The van der Waals surface area contributed by atoms with E-state index < -0.39 is 29.9 Å². The third kappa shape index (κ3) is 1.90. The van der Waals surface area contributed by atoms with Gasteiger partial charge in [0.2, 0.25) is 0 Å². The van der Waals surface area contributed by atoms with E-state index in [0.717, 1.165) is 0 Å². The third-order valence-electron chi connectivity index (χ3n) is 2.65. The van der Waals surface area contributed by atoms with Crippen molar-refractivity contribution >= 4 is 5.97 Å². The first-order valence-electron chi connectivity index (χ1n) is 4.84. The number of nitrogens with one attached hydrogen (secondary N) is 2. The average Bonchev–Trinajstić information content (AvgIpc) is 2.60. The Labute approximate surface area is 91.4 Å². The minimum absolute atomic E-state index is 0.402. The van der Waals surface area contributed by atoms with E-state index in [1.165, 1.54) is 18.2 Å². The summed E-state index contributed by atoms with van der Waals surface area (Å²) in [5.41, 5.74) is 11.5. The predicted octanol–water partition coefficient (Wildman–Crippen LogP) is -0.245. The molecule has 0 radical (unpaired) electrons. The lowest BCUT2D eigenvalue weighted by atomic mass is 9.91. The van der Waals surface area contributed by atoms with E-state index in [0.29, 0.717) is 5.56 Å². The summed E-state index contributed by atoms with van der Waals surface area (Å²) < 4.78 is 13.0. The molecule has 0 aliphatic carbocycles. The number of carboxylic acid groups (broad SMARTS) is 1. The van der Waals surface area contributed by atoms with Gasteiger partial charge in [-0.05, 0) is 17.7 Å². The number of carboxylic acids is 1. The van der Waals surface area contributed by atoms with Crippen molar-refractivity contribution in [3.05, 3.63) is 35.6 Å². The molecule has 5 N–H and O–H groups in total.